The summed E-state index contributed by atoms with van der Waals surface area (Å²) < 4.78 is 35.9. The maximum atomic E-state index is 12.0. The Morgan fingerprint density at radius 1 is 1.26 bits per heavy atom. The zero-order chi connectivity index (χ0) is 14.3. The van der Waals surface area contributed by atoms with E-state index in [4.69, 9.17) is 5.73 Å². The summed E-state index contributed by atoms with van der Waals surface area (Å²) in [7, 11) is 0. The number of thioether (sulfide) groups is 1. The van der Waals surface area contributed by atoms with Gasteiger partial charge >= 0.3 is 6.18 Å². The number of hydrogen-bond acceptors (Lipinski definition) is 2. The van der Waals surface area contributed by atoms with Gasteiger partial charge in [0.2, 0.25) is 5.91 Å². The largest absolute Gasteiger partial charge is 0.389 e. The number of benzene rings is 1. The maximum Gasteiger partial charge on any atom is 0.389 e. The number of carbonyl (C=O) groups is 1. The number of halogens is 3. The third-order valence-electron chi connectivity index (χ3n) is 2.58. The molecule has 1 aromatic rings. The van der Waals surface area contributed by atoms with Crippen LogP contribution in [0.15, 0.2) is 30.3 Å². The Balaban J connectivity index is 2.40. The second-order valence-corrected chi connectivity index (χ2v) is 5.38. The van der Waals surface area contributed by atoms with Crippen LogP contribution in [0.25, 0.3) is 0 Å². The highest BCUT2D eigenvalue weighted by molar-refractivity contribution is 7.99. The van der Waals surface area contributed by atoms with Crippen molar-refractivity contribution in [1.29, 1.82) is 0 Å². The molecule has 2 nitrogen and oxygen atoms in total. The van der Waals surface area contributed by atoms with Crippen LogP contribution in [-0.2, 0) is 11.2 Å². The first kappa shape index (κ1) is 15.9. The van der Waals surface area contributed by atoms with Gasteiger partial charge in [0.15, 0.2) is 0 Å². The highest BCUT2D eigenvalue weighted by Gasteiger charge is 2.26. The fraction of sp³-hybridized carbons (Fsp3) is 0.462. The Kier molecular flexibility index (Phi) is 6.21. The third-order valence-corrected chi connectivity index (χ3v) is 3.71. The van der Waals surface area contributed by atoms with Crippen molar-refractivity contribution in [2.75, 3.05) is 11.5 Å². The van der Waals surface area contributed by atoms with Crippen molar-refractivity contribution in [3.8, 4) is 0 Å². The molecule has 1 rings (SSSR count). The minimum Gasteiger partial charge on any atom is -0.369 e. The van der Waals surface area contributed by atoms with Crippen LogP contribution >= 0.6 is 11.8 Å². The molecule has 1 amide bonds. The number of primary amides is 1. The average Bonchev–Trinajstić information content (AvgIpc) is 2.33. The highest BCUT2D eigenvalue weighted by atomic mass is 32.2. The van der Waals surface area contributed by atoms with Gasteiger partial charge < -0.3 is 5.73 Å². The van der Waals surface area contributed by atoms with E-state index in [9.17, 15) is 18.0 Å². The molecule has 2 N–H and O–H groups in total. The van der Waals surface area contributed by atoms with E-state index in [0.717, 1.165) is 17.3 Å². The van der Waals surface area contributed by atoms with Gasteiger partial charge in [-0.3, -0.25) is 4.79 Å². The topological polar surface area (TPSA) is 43.1 Å². The Bertz CT molecular complexity index is 395. The lowest BCUT2D eigenvalue weighted by molar-refractivity contribution is -0.129. The predicted molar refractivity (Wildman–Crippen MR) is 70.8 cm³/mol. The van der Waals surface area contributed by atoms with Crippen molar-refractivity contribution in [3.05, 3.63) is 35.9 Å². The molecule has 0 aromatic heterocycles. The zero-order valence-electron chi connectivity index (χ0n) is 10.3. The van der Waals surface area contributed by atoms with Crippen LogP contribution in [0.1, 0.15) is 12.0 Å². The molecule has 0 aliphatic rings. The molecule has 0 spiro atoms. The van der Waals surface area contributed by atoms with E-state index < -0.39 is 24.4 Å². The van der Waals surface area contributed by atoms with E-state index in [1.165, 1.54) is 0 Å². The summed E-state index contributed by atoms with van der Waals surface area (Å²) in [4.78, 5) is 11.3. The number of rotatable bonds is 7. The molecular weight excluding hydrogens is 275 g/mol. The smallest absolute Gasteiger partial charge is 0.369 e. The minimum absolute atomic E-state index is 0.0396. The van der Waals surface area contributed by atoms with Crippen LogP contribution in [0.3, 0.4) is 0 Å². The van der Waals surface area contributed by atoms with Gasteiger partial charge in [0.1, 0.15) is 0 Å². The van der Waals surface area contributed by atoms with Crippen LogP contribution < -0.4 is 5.73 Å². The van der Waals surface area contributed by atoms with Gasteiger partial charge in [-0.25, -0.2) is 0 Å². The lowest BCUT2D eigenvalue weighted by Crippen LogP contribution is -2.27. The number of alkyl halides is 3. The van der Waals surface area contributed by atoms with Crippen molar-refractivity contribution in [1.82, 2.24) is 0 Å². The predicted octanol–water partition coefficient (Wildman–Crippen LogP) is 3.02. The normalized spacial score (nSPS) is 13.2. The van der Waals surface area contributed by atoms with Crippen molar-refractivity contribution in [2.24, 2.45) is 11.7 Å². The molecule has 0 aliphatic heterocycles. The molecular formula is C13H16F3NOS. The van der Waals surface area contributed by atoms with Gasteiger partial charge in [-0.2, -0.15) is 24.9 Å². The van der Waals surface area contributed by atoms with Crippen LogP contribution in [0.2, 0.25) is 0 Å². The standard InChI is InChI=1S/C13H16F3NOS/c14-13(15,16)6-7-19-9-11(12(17)18)8-10-4-2-1-3-5-10/h1-5,11H,6-9H2,(H2,17,18). The first-order valence-electron chi connectivity index (χ1n) is 5.86. The average molecular weight is 291 g/mol. The molecule has 0 fully saturated rings. The molecule has 0 bridgehead atoms. The minimum atomic E-state index is -4.14. The number of hydrogen-bond donors (Lipinski definition) is 1. The van der Waals surface area contributed by atoms with Crippen LogP contribution in [0.5, 0.6) is 0 Å². The molecule has 19 heavy (non-hydrogen) atoms. The molecule has 1 aromatic carbocycles. The molecule has 0 heterocycles. The first-order chi connectivity index (χ1) is 8.88. The molecule has 1 atom stereocenters. The fourth-order valence-corrected chi connectivity index (χ4v) is 2.66. The summed E-state index contributed by atoms with van der Waals surface area (Å²) in [6, 6.07) is 9.31. The van der Waals surface area contributed by atoms with Gasteiger partial charge in [0.25, 0.3) is 0 Å². The van der Waals surface area contributed by atoms with E-state index in [1.807, 2.05) is 30.3 Å². The highest BCUT2D eigenvalue weighted by Crippen LogP contribution is 2.23. The van der Waals surface area contributed by atoms with Crippen LogP contribution in [0, 0.1) is 5.92 Å². The van der Waals surface area contributed by atoms with Crippen molar-refractivity contribution < 1.29 is 18.0 Å². The van der Waals surface area contributed by atoms with E-state index in [1.54, 1.807) is 0 Å². The Morgan fingerprint density at radius 3 is 2.42 bits per heavy atom. The van der Waals surface area contributed by atoms with Gasteiger partial charge in [-0.1, -0.05) is 30.3 Å². The Labute approximate surface area is 114 Å². The van der Waals surface area contributed by atoms with Gasteiger partial charge in [-0.15, -0.1) is 0 Å². The van der Waals surface area contributed by atoms with Gasteiger partial charge in [0, 0.05) is 11.5 Å². The fourth-order valence-electron chi connectivity index (χ4n) is 1.55. The van der Waals surface area contributed by atoms with Crippen molar-refractivity contribution >= 4 is 17.7 Å². The third kappa shape index (κ3) is 7.10. The number of carbonyl (C=O) groups excluding carboxylic acids is 1. The van der Waals surface area contributed by atoms with E-state index in [-0.39, 0.29) is 5.75 Å². The summed E-state index contributed by atoms with van der Waals surface area (Å²) in [5, 5.41) is 0. The lowest BCUT2D eigenvalue weighted by Gasteiger charge is -2.13. The molecule has 6 heteroatoms. The second kappa shape index (κ2) is 7.43. The van der Waals surface area contributed by atoms with E-state index in [2.05, 4.69) is 0 Å². The first-order valence-corrected chi connectivity index (χ1v) is 7.01. The summed E-state index contributed by atoms with van der Waals surface area (Å²) in [5.41, 5.74) is 6.24. The van der Waals surface area contributed by atoms with Gasteiger partial charge in [-0.05, 0) is 12.0 Å². The molecule has 0 saturated heterocycles. The Morgan fingerprint density at radius 2 is 1.89 bits per heavy atom. The molecule has 106 valence electrons. The lowest BCUT2D eigenvalue weighted by atomic mass is 10.0. The van der Waals surface area contributed by atoms with Crippen LogP contribution in [0.4, 0.5) is 13.2 Å². The molecule has 0 radical (unpaired) electrons. The summed E-state index contributed by atoms with van der Waals surface area (Å²) in [6.45, 7) is 0. The summed E-state index contributed by atoms with van der Waals surface area (Å²) in [6.07, 6.45) is -4.52. The van der Waals surface area contributed by atoms with E-state index >= 15 is 0 Å². The van der Waals surface area contributed by atoms with E-state index in [0.29, 0.717) is 12.2 Å². The van der Waals surface area contributed by atoms with Crippen molar-refractivity contribution in [2.45, 2.75) is 19.0 Å². The second-order valence-electron chi connectivity index (χ2n) is 4.23. The molecule has 1 unspecified atom stereocenters. The Hall–Kier alpha value is -1.17. The zero-order valence-corrected chi connectivity index (χ0v) is 11.1. The summed E-state index contributed by atoms with van der Waals surface area (Å²) >= 11 is 1.11. The SMILES string of the molecule is NC(=O)C(CSCCC(F)(F)F)Cc1ccccc1. The van der Waals surface area contributed by atoms with Gasteiger partial charge in [0.05, 0.1) is 12.3 Å². The number of amides is 1. The maximum absolute atomic E-state index is 12.0. The van der Waals surface area contributed by atoms with Crippen molar-refractivity contribution in [3.63, 3.8) is 0 Å². The summed E-state index contributed by atoms with van der Waals surface area (Å²) in [5.74, 6) is -0.619. The molecule has 0 aliphatic carbocycles. The molecule has 0 saturated carbocycles. The number of nitrogens with two attached hydrogens (primary N) is 1. The quantitative estimate of drug-likeness (QED) is 0.785. The van der Waals surface area contributed by atoms with Crippen LogP contribution in [-0.4, -0.2) is 23.6 Å². The monoisotopic (exact) mass is 291 g/mol.